The second kappa shape index (κ2) is 6.07. The molecule has 3 unspecified atom stereocenters. The number of carbonyl (C=O) groups excluding carboxylic acids is 1. The van der Waals surface area contributed by atoms with E-state index in [2.05, 4.69) is 15.9 Å². The zero-order valence-electron chi connectivity index (χ0n) is 15.3. The van der Waals surface area contributed by atoms with Crippen LogP contribution in [0.3, 0.4) is 0 Å². The summed E-state index contributed by atoms with van der Waals surface area (Å²) in [7, 11) is -2.24. The van der Waals surface area contributed by atoms with Crippen molar-refractivity contribution in [1.29, 1.82) is 0 Å². The van der Waals surface area contributed by atoms with Gasteiger partial charge < -0.3 is 9.64 Å². The molecular weight excluding hydrogens is 430 g/mol. The normalized spacial score (nSPS) is 27.1. The van der Waals surface area contributed by atoms with E-state index in [9.17, 15) is 13.2 Å². The minimum Gasteiger partial charge on any atom is -0.468 e. The van der Waals surface area contributed by atoms with Crippen molar-refractivity contribution in [3.05, 3.63) is 58.1 Å². The summed E-state index contributed by atoms with van der Waals surface area (Å²) in [6.07, 6.45) is 0.425. The Morgan fingerprint density at radius 1 is 1.19 bits per heavy atom. The van der Waals surface area contributed by atoms with Crippen LogP contribution in [-0.4, -0.2) is 37.2 Å². The summed E-state index contributed by atoms with van der Waals surface area (Å²) >= 11 is 3.44. The molecule has 2 heterocycles. The number of hydrogen-bond acceptors (Lipinski definition) is 4. The molecule has 4 rings (SSSR count). The molecule has 2 aromatic rings. The number of nitrogens with zero attached hydrogens (tertiary/aromatic N) is 1. The van der Waals surface area contributed by atoms with Gasteiger partial charge in [-0.3, -0.25) is 4.79 Å². The number of ether oxygens (including phenoxy) is 1. The molecule has 3 atom stereocenters. The average molecular weight is 450 g/mol. The monoisotopic (exact) mass is 449 g/mol. The summed E-state index contributed by atoms with van der Waals surface area (Å²) in [6, 6.07) is 12.2. The van der Waals surface area contributed by atoms with Crippen LogP contribution in [0.2, 0.25) is 0 Å². The van der Waals surface area contributed by atoms with Gasteiger partial charge in [-0.2, -0.15) is 0 Å². The third-order valence-corrected chi connectivity index (χ3v) is 8.25. The smallest absolute Gasteiger partial charge is 0.244 e. The van der Waals surface area contributed by atoms with E-state index in [1.54, 1.807) is 31.3 Å². The van der Waals surface area contributed by atoms with E-state index in [1.165, 1.54) is 4.90 Å². The van der Waals surface area contributed by atoms with E-state index >= 15 is 0 Å². The maximum atomic E-state index is 13.5. The second-order valence-electron chi connectivity index (χ2n) is 7.45. The van der Waals surface area contributed by atoms with Crippen LogP contribution < -0.4 is 4.74 Å². The van der Waals surface area contributed by atoms with Gasteiger partial charge in [0.15, 0.2) is 20.8 Å². The summed E-state index contributed by atoms with van der Waals surface area (Å²) in [6.45, 7) is 3.73. The lowest BCUT2D eigenvalue weighted by Gasteiger charge is -2.51. The number of likely N-dealkylation sites (tertiary alicyclic amines) is 1. The summed E-state index contributed by atoms with van der Waals surface area (Å²) in [5.41, 5.74) is 0.861. The SMILES string of the molecule is Cc1ccc(S(=O)(=O)C2C(=O)N(C)C3(C)CC2c2cc(Br)ccc2O3)cc1. The largest absolute Gasteiger partial charge is 0.468 e. The van der Waals surface area contributed by atoms with Crippen LogP contribution in [0.25, 0.3) is 0 Å². The molecule has 0 radical (unpaired) electrons. The lowest BCUT2D eigenvalue weighted by molar-refractivity contribution is -0.159. The highest BCUT2D eigenvalue weighted by Crippen LogP contribution is 2.50. The van der Waals surface area contributed by atoms with E-state index in [-0.39, 0.29) is 4.90 Å². The number of piperidine rings is 1. The molecule has 7 heteroatoms. The predicted octanol–water partition coefficient (Wildman–Crippen LogP) is 3.65. The topological polar surface area (TPSA) is 63.7 Å². The fourth-order valence-electron chi connectivity index (χ4n) is 3.99. The second-order valence-corrected chi connectivity index (χ2v) is 10.4. The molecule has 1 saturated heterocycles. The van der Waals surface area contributed by atoms with Gasteiger partial charge in [-0.15, -0.1) is 0 Å². The summed E-state index contributed by atoms with van der Waals surface area (Å²) in [5, 5.41) is -1.17. The van der Waals surface area contributed by atoms with E-state index in [1.807, 2.05) is 32.0 Å². The Balaban J connectivity index is 1.90. The Hall–Kier alpha value is -1.86. The summed E-state index contributed by atoms with van der Waals surface area (Å²) in [4.78, 5) is 14.8. The van der Waals surface area contributed by atoms with E-state index < -0.39 is 32.6 Å². The maximum absolute atomic E-state index is 13.5. The Morgan fingerprint density at radius 3 is 2.52 bits per heavy atom. The molecule has 0 aliphatic carbocycles. The molecule has 2 bridgehead atoms. The van der Waals surface area contributed by atoms with Crippen molar-refractivity contribution in [2.24, 2.45) is 0 Å². The molecule has 142 valence electrons. The van der Waals surface area contributed by atoms with Gasteiger partial charge >= 0.3 is 0 Å². The first-order valence-electron chi connectivity index (χ1n) is 8.70. The van der Waals surface area contributed by atoms with Crippen molar-refractivity contribution in [2.45, 2.75) is 42.1 Å². The molecule has 5 nitrogen and oxygen atoms in total. The zero-order valence-corrected chi connectivity index (χ0v) is 17.7. The van der Waals surface area contributed by atoms with Gasteiger partial charge in [-0.25, -0.2) is 8.42 Å². The van der Waals surface area contributed by atoms with Crippen molar-refractivity contribution in [3.8, 4) is 5.75 Å². The fourth-order valence-corrected chi connectivity index (χ4v) is 6.28. The molecule has 2 aliphatic heterocycles. The highest BCUT2D eigenvalue weighted by Gasteiger charge is 2.57. The quantitative estimate of drug-likeness (QED) is 0.701. The van der Waals surface area contributed by atoms with Crippen LogP contribution in [0.15, 0.2) is 51.8 Å². The standard InChI is InChI=1S/C20H20BrNO4S/c1-12-4-7-14(8-5-12)27(24,25)18-16-11-20(2,22(3)19(18)23)26-17-9-6-13(21)10-15(16)17/h4-10,16,18H,11H2,1-3H3. The number of rotatable bonds is 2. The van der Waals surface area contributed by atoms with E-state index in [0.717, 1.165) is 15.6 Å². The van der Waals surface area contributed by atoms with Crippen LogP contribution in [0.1, 0.15) is 30.4 Å². The average Bonchev–Trinajstić information content (AvgIpc) is 2.61. The summed E-state index contributed by atoms with van der Waals surface area (Å²) in [5.74, 6) is -0.272. The number of amides is 1. The van der Waals surface area contributed by atoms with Gasteiger partial charge in [-0.05, 0) is 44.2 Å². The molecule has 0 N–H and O–H groups in total. The van der Waals surface area contributed by atoms with Crippen molar-refractivity contribution in [2.75, 3.05) is 7.05 Å². The summed E-state index contributed by atoms with van der Waals surface area (Å²) < 4.78 is 33.8. The van der Waals surface area contributed by atoms with Crippen molar-refractivity contribution in [3.63, 3.8) is 0 Å². The zero-order chi connectivity index (χ0) is 19.6. The van der Waals surface area contributed by atoms with Crippen LogP contribution in [0.4, 0.5) is 0 Å². The van der Waals surface area contributed by atoms with E-state index in [0.29, 0.717) is 12.2 Å². The van der Waals surface area contributed by atoms with Gasteiger partial charge in [0.1, 0.15) is 5.75 Å². The van der Waals surface area contributed by atoms with Crippen LogP contribution in [-0.2, 0) is 14.6 Å². The number of hydrogen-bond donors (Lipinski definition) is 0. The van der Waals surface area contributed by atoms with Crippen LogP contribution in [0.5, 0.6) is 5.75 Å². The van der Waals surface area contributed by atoms with Gasteiger partial charge in [0.05, 0.1) is 4.90 Å². The minimum absolute atomic E-state index is 0.173. The third-order valence-electron chi connectivity index (χ3n) is 5.63. The van der Waals surface area contributed by atoms with Crippen molar-refractivity contribution in [1.82, 2.24) is 4.90 Å². The van der Waals surface area contributed by atoms with E-state index in [4.69, 9.17) is 4.74 Å². The predicted molar refractivity (Wildman–Crippen MR) is 105 cm³/mol. The maximum Gasteiger partial charge on any atom is 0.244 e. The van der Waals surface area contributed by atoms with Crippen LogP contribution in [0, 0.1) is 6.92 Å². The highest BCUT2D eigenvalue weighted by molar-refractivity contribution is 9.10. The lowest BCUT2D eigenvalue weighted by Crippen LogP contribution is -2.64. The number of fused-ring (bicyclic) bond motifs is 4. The molecule has 27 heavy (non-hydrogen) atoms. The van der Waals surface area contributed by atoms with Gasteiger partial charge in [0, 0.05) is 29.4 Å². The highest BCUT2D eigenvalue weighted by atomic mass is 79.9. The first-order chi connectivity index (χ1) is 12.6. The molecule has 1 amide bonds. The van der Waals surface area contributed by atoms with Crippen molar-refractivity contribution < 1.29 is 17.9 Å². The number of halogens is 1. The first-order valence-corrected chi connectivity index (χ1v) is 11.0. The minimum atomic E-state index is -3.86. The Labute approximate surface area is 167 Å². The molecule has 2 aromatic carbocycles. The number of carbonyl (C=O) groups is 1. The number of benzene rings is 2. The van der Waals surface area contributed by atoms with Crippen molar-refractivity contribution >= 4 is 31.7 Å². The number of sulfone groups is 1. The first kappa shape index (κ1) is 18.5. The Kier molecular flexibility index (Phi) is 4.16. The lowest BCUT2D eigenvalue weighted by atomic mass is 9.80. The Morgan fingerprint density at radius 2 is 1.85 bits per heavy atom. The van der Waals surface area contributed by atoms with Gasteiger partial charge in [-0.1, -0.05) is 33.6 Å². The Bertz CT molecular complexity index is 1030. The van der Waals surface area contributed by atoms with Gasteiger partial charge in [0.25, 0.3) is 0 Å². The molecular formula is C20H20BrNO4S. The molecule has 2 aliphatic rings. The molecule has 0 aromatic heterocycles. The molecule has 0 spiro atoms. The molecule has 1 fully saturated rings. The van der Waals surface area contributed by atoms with Gasteiger partial charge in [0.2, 0.25) is 5.91 Å². The third kappa shape index (κ3) is 2.79. The fraction of sp³-hybridized carbons (Fsp3) is 0.350. The van der Waals surface area contributed by atoms with Crippen LogP contribution >= 0.6 is 15.9 Å². The number of aryl methyl sites for hydroxylation is 1. The molecule has 0 saturated carbocycles.